The third-order valence-electron chi connectivity index (χ3n) is 7.24. The van der Waals surface area contributed by atoms with Crippen LogP contribution >= 0.6 is 0 Å². The van der Waals surface area contributed by atoms with Crippen LogP contribution in [0.4, 0.5) is 17.6 Å². The zero-order chi connectivity index (χ0) is 30.2. The minimum Gasteiger partial charge on any atom is -0.339 e. The van der Waals surface area contributed by atoms with Gasteiger partial charge in [0, 0.05) is 44.5 Å². The van der Waals surface area contributed by atoms with E-state index in [4.69, 9.17) is 5.26 Å². The molecule has 0 spiro atoms. The van der Waals surface area contributed by atoms with Gasteiger partial charge in [0.05, 0.1) is 22.9 Å². The van der Waals surface area contributed by atoms with Gasteiger partial charge in [-0.25, -0.2) is 9.49 Å². The molecule has 0 saturated carbocycles. The van der Waals surface area contributed by atoms with E-state index in [1.165, 1.54) is 0 Å². The van der Waals surface area contributed by atoms with Crippen molar-refractivity contribution in [3.05, 3.63) is 68.2 Å². The third kappa shape index (κ3) is 8.00. The topological polar surface area (TPSA) is 106 Å². The summed E-state index contributed by atoms with van der Waals surface area (Å²) in [5.74, 6) is -0.791. The van der Waals surface area contributed by atoms with Crippen LogP contribution in [0, 0.1) is 18.3 Å². The number of hydrogen-bond donors (Lipinski definition) is 1. The Morgan fingerprint density at radius 1 is 1.20 bits per heavy atom. The molecule has 8 nitrogen and oxygen atoms in total. The number of carbonyl (C=O) groups excluding carboxylic acids is 1. The molecule has 1 atom stereocenters. The zero-order valence-electron chi connectivity index (χ0n) is 23.7. The largest absolute Gasteiger partial charge is 0.422 e. The molecule has 0 bridgehead atoms. The number of halogens is 4. The molecular formula is C29H36F4N6O2. The number of nitrogens with zero attached hydrogens (tertiary/aromatic N) is 5. The fourth-order valence-corrected chi connectivity index (χ4v) is 5.17. The van der Waals surface area contributed by atoms with E-state index in [2.05, 4.69) is 17.0 Å². The van der Waals surface area contributed by atoms with Crippen molar-refractivity contribution in [2.45, 2.75) is 77.9 Å². The average molecular weight is 577 g/mol. The Morgan fingerprint density at radius 3 is 2.56 bits per heavy atom. The van der Waals surface area contributed by atoms with Crippen LogP contribution in [0.5, 0.6) is 0 Å². The standard InChI is InChI=1S/C22H30F4N4O2.C7H6N2/c1-3-5-6-11-29(10-4-2)21(32)15-13-30(12-9-16(15)23)17-8-7-14-18(22(24,25)26)20(31)28-27-19(14)17;1-6-2-3-7(4-8)5-9-6/h17H,3-13H2,1-2H3,(H,28,31);2-3,5H,1H3. The van der Waals surface area contributed by atoms with Gasteiger partial charge in [0.1, 0.15) is 17.5 Å². The van der Waals surface area contributed by atoms with E-state index >= 15 is 0 Å². The van der Waals surface area contributed by atoms with Crippen molar-refractivity contribution in [3.8, 4) is 6.07 Å². The maximum absolute atomic E-state index is 14.7. The van der Waals surface area contributed by atoms with E-state index < -0.39 is 29.2 Å². The van der Waals surface area contributed by atoms with Gasteiger partial charge in [-0.2, -0.15) is 23.5 Å². The summed E-state index contributed by atoms with van der Waals surface area (Å²) in [6.07, 6.45) is 0.798. The second-order valence-electron chi connectivity index (χ2n) is 10.2. The van der Waals surface area contributed by atoms with Crippen LogP contribution in [0.2, 0.25) is 0 Å². The molecular weight excluding hydrogens is 540 g/mol. The number of aromatic amines is 1. The summed E-state index contributed by atoms with van der Waals surface area (Å²) in [6, 6.07) is 5.06. The molecule has 1 aliphatic carbocycles. The Morgan fingerprint density at radius 2 is 1.95 bits per heavy atom. The van der Waals surface area contributed by atoms with Gasteiger partial charge in [0.15, 0.2) is 0 Å². The second-order valence-corrected chi connectivity index (χ2v) is 10.2. The summed E-state index contributed by atoms with van der Waals surface area (Å²) >= 11 is 0. The molecule has 3 heterocycles. The lowest BCUT2D eigenvalue weighted by Crippen LogP contribution is -2.42. The normalized spacial score (nSPS) is 17.0. The first kappa shape index (κ1) is 31.9. The first-order chi connectivity index (χ1) is 19.5. The van der Waals surface area contributed by atoms with Gasteiger partial charge >= 0.3 is 6.18 Å². The van der Waals surface area contributed by atoms with E-state index in [1.54, 1.807) is 17.2 Å². The molecule has 0 saturated heterocycles. The zero-order valence-corrected chi connectivity index (χ0v) is 23.7. The van der Waals surface area contributed by atoms with Gasteiger partial charge in [-0.1, -0.05) is 26.7 Å². The Labute approximate surface area is 237 Å². The number of nitriles is 1. The lowest BCUT2D eigenvalue weighted by Gasteiger charge is -2.34. The van der Waals surface area contributed by atoms with Crippen molar-refractivity contribution >= 4 is 5.91 Å². The molecule has 2 aliphatic rings. The monoisotopic (exact) mass is 576 g/mol. The first-order valence-corrected chi connectivity index (χ1v) is 13.9. The summed E-state index contributed by atoms with van der Waals surface area (Å²) in [7, 11) is 0. The number of carbonyl (C=O) groups is 1. The van der Waals surface area contributed by atoms with Crippen LogP contribution < -0.4 is 5.56 Å². The highest BCUT2D eigenvalue weighted by Gasteiger charge is 2.43. The van der Waals surface area contributed by atoms with Crippen molar-refractivity contribution in [1.29, 1.82) is 5.26 Å². The van der Waals surface area contributed by atoms with Crippen molar-refractivity contribution in [3.63, 3.8) is 0 Å². The van der Waals surface area contributed by atoms with Crippen molar-refractivity contribution in [2.75, 3.05) is 26.2 Å². The van der Waals surface area contributed by atoms with Gasteiger partial charge in [-0.3, -0.25) is 19.5 Å². The summed E-state index contributed by atoms with van der Waals surface area (Å²) in [6.45, 7) is 7.30. The minimum absolute atomic E-state index is 0.0188. The van der Waals surface area contributed by atoms with E-state index in [0.29, 0.717) is 25.1 Å². The predicted octanol–water partition coefficient (Wildman–Crippen LogP) is 5.40. The molecule has 41 heavy (non-hydrogen) atoms. The molecule has 0 fully saturated rings. The van der Waals surface area contributed by atoms with Crippen LogP contribution in [0.3, 0.4) is 0 Å². The van der Waals surface area contributed by atoms with E-state index in [1.807, 2.05) is 36.0 Å². The summed E-state index contributed by atoms with van der Waals surface area (Å²) in [5, 5.41) is 14.2. The Bertz CT molecular complexity index is 1330. The highest BCUT2D eigenvalue weighted by Crippen LogP contribution is 2.41. The number of nitrogens with one attached hydrogen (secondary N) is 1. The van der Waals surface area contributed by atoms with E-state index in [9.17, 15) is 27.2 Å². The van der Waals surface area contributed by atoms with Gasteiger partial charge in [0.2, 0.25) is 0 Å². The fourth-order valence-electron chi connectivity index (χ4n) is 5.17. The average Bonchev–Trinajstić information content (AvgIpc) is 3.36. The van der Waals surface area contributed by atoms with E-state index in [0.717, 1.165) is 31.4 Å². The third-order valence-corrected chi connectivity index (χ3v) is 7.24. The number of H-pyrrole nitrogens is 1. The maximum atomic E-state index is 14.7. The van der Waals surface area contributed by atoms with Gasteiger partial charge in [-0.05, 0) is 50.3 Å². The van der Waals surface area contributed by atoms with Gasteiger partial charge in [0.25, 0.3) is 11.5 Å². The van der Waals surface area contributed by atoms with Crippen LogP contribution in [-0.2, 0) is 17.4 Å². The predicted molar refractivity (Wildman–Crippen MR) is 145 cm³/mol. The number of fused-ring (bicyclic) bond motifs is 1. The van der Waals surface area contributed by atoms with Crippen LogP contribution in [0.15, 0.2) is 34.5 Å². The lowest BCUT2D eigenvalue weighted by atomic mass is 10.0. The quantitative estimate of drug-likeness (QED) is 0.334. The molecule has 222 valence electrons. The SMILES string of the molecule is CCCCCN(CCC)C(=O)C1=C(F)CCN(C2CCc3c2n[nH]c(=O)c3C(F)(F)F)C1.Cc1ccc(C#N)cn1. The van der Waals surface area contributed by atoms with Crippen molar-refractivity contribution < 1.29 is 22.4 Å². The number of aromatic nitrogens is 3. The molecule has 4 rings (SSSR count). The molecule has 2 aromatic rings. The van der Waals surface area contributed by atoms with Crippen LogP contribution in [0.25, 0.3) is 0 Å². The molecule has 1 aliphatic heterocycles. The van der Waals surface area contributed by atoms with Crippen LogP contribution in [0.1, 0.15) is 86.5 Å². The molecule has 0 radical (unpaired) electrons. The Hall–Kier alpha value is -3.59. The van der Waals surface area contributed by atoms with E-state index in [-0.39, 0.29) is 48.7 Å². The van der Waals surface area contributed by atoms with Crippen molar-refractivity contribution in [1.82, 2.24) is 25.0 Å². The number of amides is 1. The number of rotatable bonds is 8. The number of alkyl halides is 3. The molecule has 12 heteroatoms. The van der Waals surface area contributed by atoms with Gasteiger partial charge < -0.3 is 4.90 Å². The number of aryl methyl sites for hydroxylation is 1. The number of unbranched alkanes of at least 4 members (excludes halogenated alkanes) is 2. The summed E-state index contributed by atoms with van der Waals surface area (Å²) in [4.78, 5) is 32.3. The lowest BCUT2D eigenvalue weighted by molar-refractivity contribution is -0.139. The highest BCUT2D eigenvalue weighted by molar-refractivity contribution is 5.94. The molecule has 1 unspecified atom stereocenters. The second kappa shape index (κ2) is 14.3. The van der Waals surface area contributed by atoms with Gasteiger partial charge in [-0.15, -0.1) is 0 Å². The molecule has 1 amide bonds. The summed E-state index contributed by atoms with van der Waals surface area (Å²) in [5.41, 5.74) is -0.754. The number of pyridine rings is 1. The highest BCUT2D eigenvalue weighted by atomic mass is 19.4. The summed E-state index contributed by atoms with van der Waals surface area (Å²) < 4.78 is 54.9. The fraction of sp³-hybridized carbons (Fsp3) is 0.552. The number of hydrogen-bond acceptors (Lipinski definition) is 6. The Kier molecular flexibility index (Phi) is 11.2. The smallest absolute Gasteiger partial charge is 0.339 e. The van der Waals surface area contributed by atoms with Crippen molar-refractivity contribution in [2.24, 2.45) is 0 Å². The first-order valence-electron chi connectivity index (χ1n) is 13.9. The molecule has 1 N–H and O–H groups in total. The van der Waals surface area contributed by atoms with Crippen LogP contribution in [-0.4, -0.2) is 57.1 Å². The Balaban J connectivity index is 0.000000436. The molecule has 0 aromatic carbocycles. The minimum atomic E-state index is -4.77. The molecule has 2 aromatic heterocycles. The maximum Gasteiger partial charge on any atom is 0.422 e.